The maximum Gasteiger partial charge on any atom is 0.0760 e. The van der Waals surface area contributed by atoms with Crippen molar-refractivity contribution in [3.63, 3.8) is 0 Å². The topological polar surface area (TPSA) is 62.7 Å². The van der Waals surface area contributed by atoms with Crippen LogP contribution >= 0.6 is 0 Å². The molecule has 0 aromatic heterocycles. The van der Waals surface area contributed by atoms with Crippen molar-refractivity contribution < 1.29 is 14.9 Å². The first-order valence-corrected chi connectivity index (χ1v) is 15.4. The first-order valence-electron chi connectivity index (χ1n) is 15.4. The summed E-state index contributed by atoms with van der Waals surface area (Å²) in [4.78, 5) is 0. The summed E-state index contributed by atoms with van der Waals surface area (Å²) in [6.45, 7) is 4.96. The third-order valence-corrected chi connectivity index (χ3v) is 13.2. The van der Waals surface area contributed by atoms with Crippen LogP contribution in [0.1, 0.15) is 57.8 Å². The Labute approximate surface area is 217 Å². The average molecular weight is 501 g/mol. The molecule has 5 saturated carbocycles. The third kappa shape index (κ3) is 2.70. The minimum absolute atomic E-state index is 0.206. The van der Waals surface area contributed by atoms with E-state index in [0.29, 0.717) is 12.1 Å². The van der Waals surface area contributed by atoms with Crippen LogP contribution in [0.15, 0.2) is 0 Å². The minimum Gasteiger partial charge on any atom is -0.395 e. The quantitative estimate of drug-likeness (QED) is 0.425. The summed E-state index contributed by atoms with van der Waals surface area (Å²) < 4.78 is 7.50. The van der Waals surface area contributed by atoms with Crippen molar-refractivity contribution in [1.29, 1.82) is 0 Å². The fraction of sp³-hybridized carbons (Fsp3) is 1.00. The summed E-state index contributed by atoms with van der Waals surface area (Å²) in [5, 5.41) is 29.2. The highest BCUT2D eigenvalue weighted by Gasteiger charge is 2.96. The zero-order valence-electron chi connectivity index (χ0n) is 22.5. The van der Waals surface area contributed by atoms with E-state index in [-0.39, 0.29) is 24.4 Å². The zero-order valence-corrected chi connectivity index (χ0v) is 22.5. The Bertz CT molecular complexity index is 819. The van der Waals surface area contributed by atoms with Crippen LogP contribution in [0.25, 0.3) is 0 Å². The summed E-state index contributed by atoms with van der Waals surface area (Å²) in [5.74, 6) is 7.48. The highest BCUT2D eigenvalue weighted by molar-refractivity contribution is 5.43. The van der Waals surface area contributed by atoms with Crippen LogP contribution < -0.4 is 0 Å². The van der Waals surface area contributed by atoms with Crippen molar-refractivity contribution in [2.75, 3.05) is 53.5 Å². The first-order chi connectivity index (χ1) is 17.6. The van der Waals surface area contributed by atoms with Crippen molar-refractivity contribution in [2.45, 2.75) is 81.1 Å². The van der Waals surface area contributed by atoms with Crippen LogP contribution in [-0.2, 0) is 4.74 Å². The summed E-state index contributed by atoms with van der Waals surface area (Å²) in [5.41, 5.74) is 0.412. The second-order valence-corrected chi connectivity index (χ2v) is 14.1. The lowest BCUT2D eigenvalue weighted by atomic mass is 9.53. The second-order valence-electron chi connectivity index (χ2n) is 14.1. The van der Waals surface area contributed by atoms with E-state index in [1.54, 1.807) is 0 Å². The third-order valence-electron chi connectivity index (χ3n) is 13.2. The second kappa shape index (κ2) is 8.12. The number of hydrazine groups is 2. The normalized spacial score (nSPS) is 53.5. The molecule has 7 nitrogen and oxygen atoms in total. The number of rotatable bonds is 12. The van der Waals surface area contributed by atoms with Gasteiger partial charge in [0.1, 0.15) is 0 Å². The van der Waals surface area contributed by atoms with Gasteiger partial charge in [-0.15, -0.1) is 0 Å². The molecule has 0 radical (unpaired) electrons. The fourth-order valence-electron chi connectivity index (χ4n) is 12.6. The Hall–Kier alpha value is -0.280. The van der Waals surface area contributed by atoms with Crippen molar-refractivity contribution in [1.82, 2.24) is 20.0 Å². The SMILES string of the molecule is CN(CCCC12OC3(CCCN(C)N4CCC[C@H]4CO)C4C5CC(C6C5C3C61)C42)N1CCC[C@H]1CO. The van der Waals surface area contributed by atoms with E-state index in [1.165, 1.54) is 44.9 Å². The van der Waals surface area contributed by atoms with E-state index in [9.17, 15) is 10.2 Å². The molecule has 9 aliphatic rings. The van der Waals surface area contributed by atoms with Gasteiger partial charge in [0, 0.05) is 52.4 Å². The van der Waals surface area contributed by atoms with Crippen molar-refractivity contribution in [3.05, 3.63) is 0 Å². The maximum atomic E-state index is 9.76. The van der Waals surface area contributed by atoms with Crippen LogP contribution in [0.2, 0.25) is 0 Å². The van der Waals surface area contributed by atoms with Gasteiger partial charge in [0.25, 0.3) is 0 Å². The van der Waals surface area contributed by atoms with Crippen molar-refractivity contribution >= 4 is 0 Å². The van der Waals surface area contributed by atoms with E-state index < -0.39 is 0 Å². The van der Waals surface area contributed by atoms with Gasteiger partial charge >= 0.3 is 0 Å². The predicted octanol–water partition coefficient (Wildman–Crippen LogP) is 2.05. The average Bonchev–Trinajstić information content (AvgIpc) is 3.65. The number of hydrogen-bond donors (Lipinski definition) is 2. The molecule has 4 heterocycles. The largest absolute Gasteiger partial charge is 0.395 e. The lowest BCUT2D eigenvalue weighted by molar-refractivity contribution is -0.0891. The molecule has 9 rings (SSSR count). The van der Waals surface area contributed by atoms with E-state index >= 15 is 0 Å². The van der Waals surface area contributed by atoms with Gasteiger partial charge in [-0.25, -0.2) is 20.0 Å². The standard InChI is InChI=1S/C29H48N4O3/c1-30(32-13-3-7-18(32)16-34)11-5-9-28-24-20-15-21-23-22(20)26(28)27(23)29(36-28,25(21)24)10-6-12-31(2)33-14-4-8-19(33)17-35/h18-27,34-35H,3-17H2,1-2H3/t18-,19-,20?,21?,22?,23?,24?,25?,26?,27?,28?,29?/m0/s1. The number of aliphatic hydroxyl groups is 2. The molecule has 36 heavy (non-hydrogen) atoms. The summed E-state index contributed by atoms with van der Waals surface area (Å²) in [6.07, 6.45) is 11.2. The molecule has 5 aliphatic carbocycles. The maximum absolute atomic E-state index is 9.76. The Morgan fingerprint density at radius 1 is 0.750 bits per heavy atom. The molecule has 12 atom stereocenters. The van der Waals surface area contributed by atoms with Crippen LogP contribution in [-0.4, -0.2) is 107 Å². The molecule has 4 aliphatic heterocycles. The van der Waals surface area contributed by atoms with Gasteiger partial charge in [-0.1, -0.05) is 0 Å². The van der Waals surface area contributed by atoms with Gasteiger partial charge in [0.05, 0.1) is 24.4 Å². The van der Waals surface area contributed by atoms with Crippen LogP contribution in [0.4, 0.5) is 0 Å². The molecule has 7 heteroatoms. The van der Waals surface area contributed by atoms with Gasteiger partial charge in [-0.3, -0.25) is 0 Å². The van der Waals surface area contributed by atoms with E-state index in [2.05, 4.69) is 34.1 Å². The lowest BCUT2D eigenvalue weighted by Gasteiger charge is -2.48. The summed E-state index contributed by atoms with van der Waals surface area (Å²) >= 11 is 0. The van der Waals surface area contributed by atoms with Gasteiger partial charge in [0.2, 0.25) is 0 Å². The Morgan fingerprint density at radius 3 is 1.67 bits per heavy atom. The summed E-state index contributed by atoms with van der Waals surface area (Å²) in [7, 11) is 4.47. The predicted molar refractivity (Wildman–Crippen MR) is 136 cm³/mol. The van der Waals surface area contributed by atoms with E-state index in [0.717, 1.165) is 86.4 Å². The molecule has 10 unspecified atom stereocenters. The number of hydrogen-bond acceptors (Lipinski definition) is 7. The highest BCUT2D eigenvalue weighted by Crippen LogP contribution is 2.94. The molecule has 0 aromatic carbocycles. The Kier molecular flexibility index (Phi) is 5.32. The Morgan fingerprint density at radius 2 is 1.22 bits per heavy atom. The van der Waals surface area contributed by atoms with Gasteiger partial charge in [-0.05, 0) is 105 Å². The number of nitrogens with zero attached hydrogens (tertiary/aromatic N) is 4. The van der Waals surface area contributed by atoms with Gasteiger partial charge in [-0.2, -0.15) is 0 Å². The monoisotopic (exact) mass is 500 g/mol. The Balaban J connectivity index is 0.941. The van der Waals surface area contributed by atoms with Crippen molar-refractivity contribution in [2.24, 2.45) is 47.3 Å². The molecule has 0 amide bonds. The van der Waals surface area contributed by atoms with Gasteiger partial charge in [0.15, 0.2) is 0 Å². The molecule has 0 aromatic rings. The first kappa shape index (κ1) is 23.6. The van der Waals surface area contributed by atoms with Crippen LogP contribution in [0.5, 0.6) is 0 Å². The lowest BCUT2D eigenvalue weighted by Crippen LogP contribution is -2.52. The highest BCUT2D eigenvalue weighted by atomic mass is 16.5. The molecule has 4 bridgehead atoms. The molecule has 2 N–H and O–H groups in total. The van der Waals surface area contributed by atoms with Crippen LogP contribution in [0, 0.1) is 47.3 Å². The molecule has 0 spiro atoms. The molecular formula is C29H48N4O3. The van der Waals surface area contributed by atoms with E-state index in [4.69, 9.17) is 4.74 Å². The molecule has 9 fully saturated rings. The minimum atomic E-state index is 0.206. The van der Waals surface area contributed by atoms with Crippen LogP contribution in [0.3, 0.4) is 0 Å². The van der Waals surface area contributed by atoms with Crippen molar-refractivity contribution in [3.8, 4) is 0 Å². The molecular weight excluding hydrogens is 452 g/mol. The molecule has 202 valence electrons. The van der Waals surface area contributed by atoms with Gasteiger partial charge < -0.3 is 14.9 Å². The number of ether oxygens (including phenoxy) is 1. The fourth-order valence-corrected chi connectivity index (χ4v) is 12.6. The smallest absolute Gasteiger partial charge is 0.0760 e. The molecule has 4 saturated heterocycles. The van der Waals surface area contributed by atoms with E-state index in [1.807, 2.05) is 0 Å². The zero-order chi connectivity index (χ0) is 24.4. The summed E-state index contributed by atoms with van der Waals surface area (Å²) in [6, 6.07) is 0.647. The number of aliphatic hydroxyl groups excluding tert-OH is 2.